The summed E-state index contributed by atoms with van der Waals surface area (Å²) < 4.78 is 49.9. The molecule has 0 aliphatic carbocycles. The van der Waals surface area contributed by atoms with Gasteiger partial charge >= 0.3 is 0 Å². The van der Waals surface area contributed by atoms with Gasteiger partial charge in [0.25, 0.3) is 0 Å². The van der Waals surface area contributed by atoms with E-state index in [9.17, 15) is 16.8 Å². The van der Waals surface area contributed by atoms with Crippen LogP contribution in [0.4, 0.5) is 0 Å². The van der Waals surface area contributed by atoms with Crippen LogP contribution in [0.5, 0.6) is 0 Å². The molecule has 0 aromatic heterocycles. The van der Waals surface area contributed by atoms with Gasteiger partial charge in [0, 0.05) is 6.04 Å². The second-order valence-electron chi connectivity index (χ2n) is 6.28. The molecule has 0 unspecified atom stereocenters. The zero-order valence-electron chi connectivity index (χ0n) is 12.6. The van der Waals surface area contributed by atoms with Crippen molar-refractivity contribution in [2.24, 2.45) is 0 Å². The molecule has 22 heavy (non-hydrogen) atoms. The van der Waals surface area contributed by atoms with Crippen LogP contribution in [0.2, 0.25) is 0 Å². The van der Waals surface area contributed by atoms with Crippen molar-refractivity contribution in [1.29, 1.82) is 0 Å². The summed E-state index contributed by atoms with van der Waals surface area (Å²) in [5.41, 5.74) is 0.981. The lowest BCUT2D eigenvalue weighted by atomic mass is 10.2. The van der Waals surface area contributed by atoms with Crippen LogP contribution in [0.25, 0.3) is 0 Å². The Morgan fingerprint density at radius 2 is 1.64 bits per heavy atom. The molecule has 0 spiro atoms. The van der Waals surface area contributed by atoms with Crippen molar-refractivity contribution in [3.05, 3.63) is 29.8 Å². The third-order valence-electron chi connectivity index (χ3n) is 4.63. The minimum Gasteiger partial charge on any atom is -0.298 e. The number of hydrogen-bond acceptors (Lipinski definition) is 5. The Kier molecular flexibility index (Phi) is 4.07. The number of benzene rings is 1. The van der Waals surface area contributed by atoms with Gasteiger partial charge < -0.3 is 0 Å². The van der Waals surface area contributed by atoms with Crippen molar-refractivity contribution in [3.63, 3.8) is 0 Å². The van der Waals surface area contributed by atoms with Crippen LogP contribution < -0.4 is 0 Å². The van der Waals surface area contributed by atoms with Crippen LogP contribution in [0.3, 0.4) is 0 Å². The van der Waals surface area contributed by atoms with Crippen LogP contribution in [-0.2, 0) is 19.7 Å². The Labute approximate surface area is 132 Å². The molecule has 0 amide bonds. The molecule has 122 valence electrons. The maximum atomic E-state index is 12.9. The number of aryl methyl sites for hydroxylation is 1. The standard InChI is InChI=1S/C15H21NO4S2/c1-12-4-6-13(7-5-12)22(19,20)15-11-21(17,18)10-14(15)16-8-2-3-9-16/h4-7,14-15H,2-3,8-11H2,1H3/t14-,15-/m1/s1. The Morgan fingerprint density at radius 3 is 2.23 bits per heavy atom. The summed E-state index contributed by atoms with van der Waals surface area (Å²) in [6.07, 6.45) is 2.02. The van der Waals surface area contributed by atoms with Gasteiger partial charge in [-0.1, -0.05) is 17.7 Å². The number of likely N-dealkylation sites (tertiary alicyclic amines) is 1. The first-order valence-electron chi connectivity index (χ1n) is 7.55. The van der Waals surface area contributed by atoms with Crippen LogP contribution >= 0.6 is 0 Å². The summed E-state index contributed by atoms with van der Waals surface area (Å²) in [6, 6.07) is 6.26. The molecule has 3 rings (SSSR count). The predicted molar refractivity (Wildman–Crippen MR) is 85.4 cm³/mol. The van der Waals surface area contributed by atoms with E-state index in [-0.39, 0.29) is 16.4 Å². The second-order valence-corrected chi connectivity index (χ2v) is 10.6. The average molecular weight is 343 g/mol. The zero-order valence-corrected chi connectivity index (χ0v) is 14.2. The molecule has 7 heteroatoms. The lowest BCUT2D eigenvalue weighted by Crippen LogP contribution is -2.45. The molecule has 2 fully saturated rings. The van der Waals surface area contributed by atoms with Crippen LogP contribution in [0, 0.1) is 6.92 Å². The smallest absolute Gasteiger partial charge is 0.183 e. The molecule has 5 nitrogen and oxygen atoms in total. The molecule has 2 atom stereocenters. The molecule has 1 aromatic rings. The first-order valence-corrected chi connectivity index (χ1v) is 10.9. The van der Waals surface area contributed by atoms with Crippen LogP contribution in [0.1, 0.15) is 18.4 Å². The predicted octanol–water partition coefficient (Wildman–Crippen LogP) is 1.03. The van der Waals surface area contributed by atoms with Crippen molar-refractivity contribution in [2.45, 2.75) is 36.0 Å². The Bertz CT molecular complexity index is 747. The van der Waals surface area contributed by atoms with Gasteiger partial charge in [-0.25, -0.2) is 16.8 Å². The Balaban J connectivity index is 1.97. The number of nitrogens with zero attached hydrogens (tertiary/aromatic N) is 1. The minimum atomic E-state index is -3.63. The quantitative estimate of drug-likeness (QED) is 0.820. The topological polar surface area (TPSA) is 71.5 Å². The van der Waals surface area contributed by atoms with Crippen molar-refractivity contribution >= 4 is 19.7 Å². The molecule has 2 saturated heterocycles. The lowest BCUT2D eigenvalue weighted by molar-refractivity contribution is 0.264. The summed E-state index contributed by atoms with van der Waals surface area (Å²) >= 11 is 0. The van der Waals surface area contributed by atoms with Crippen molar-refractivity contribution in [1.82, 2.24) is 4.90 Å². The SMILES string of the molecule is Cc1ccc(S(=O)(=O)[C@@H]2CS(=O)(=O)C[C@H]2N2CCCC2)cc1. The normalized spacial score (nSPS) is 29.0. The van der Waals surface area contributed by atoms with Crippen molar-refractivity contribution in [2.75, 3.05) is 24.6 Å². The highest BCUT2D eigenvalue weighted by atomic mass is 32.2. The van der Waals surface area contributed by atoms with Gasteiger partial charge in [-0.15, -0.1) is 0 Å². The molecule has 0 bridgehead atoms. The van der Waals surface area contributed by atoms with Crippen molar-refractivity contribution < 1.29 is 16.8 Å². The second kappa shape index (κ2) is 5.62. The molecule has 1 aromatic carbocycles. The van der Waals surface area contributed by atoms with Crippen LogP contribution in [0.15, 0.2) is 29.2 Å². The van der Waals surface area contributed by atoms with Gasteiger partial charge in [-0.3, -0.25) is 4.90 Å². The highest BCUT2D eigenvalue weighted by Gasteiger charge is 2.48. The molecular formula is C15H21NO4S2. The van der Waals surface area contributed by atoms with Gasteiger partial charge in [0.2, 0.25) is 0 Å². The first kappa shape index (κ1) is 16.0. The van der Waals surface area contributed by atoms with E-state index in [4.69, 9.17) is 0 Å². The number of hydrogen-bond donors (Lipinski definition) is 0. The summed E-state index contributed by atoms with van der Waals surface area (Å²) in [6.45, 7) is 3.48. The fraction of sp³-hybridized carbons (Fsp3) is 0.600. The fourth-order valence-electron chi connectivity index (χ4n) is 3.41. The number of sulfone groups is 2. The summed E-state index contributed by atoms with van der Waals surface area (Å²) in [5, 5.41) is -0.849. The highest BCUT2D eigenvalue weighted by molar-refractivity contribution is 7.96. The summed E-state index contributed by atoms with van der Waals surface area (Å²) in [5.74, 6) is -0.298. The van der Waals surface area contributed by atoms with E-state index < -0.39 is 31.0 Å². The largest absolute Gasteiger partial charge is 0.298 e. The van der Waals surface area contributed by atoms with E-state index in [2.05, 4.69) is 0 Å². The molecule has 0 radical (unpaired) electrons. The van der Waals surface area contributed by atoms with E-state index >= 15 is 0 Å². The van der Waals surface area contributed by atoms with Gasteiger partial charge in [-0.2, -0.15) is 0 Å². The Morgan fingerprint density at radius 1 is 1.05 bits per heavy atom. The van der Waals surface area contributed by atoms with E-state index in [1.54, 1.807) is 24.3 Å². The molecular weight excluding hydrogens is 322 g/mol. The molecule has 2 heterocycles. The van der Waals surface area contributed by atoms with Crippen molar-refractivity contribution in [3.8, 4) is 0 Å². The minimum absolute atomic E-state index is 0.0389. The molecule has 2 aliphatic rings. The van der Waals surface area contributed by atoms with E-state index in [1.165, 1.54) is 0 Å². The highest BCUT2D eigenvalue weighted by Crippen LogP contribution is 2.30. The third kappa shape index (κ3) is 2.94. The van der Waals surface area contributed by atoms with Gasteiger partial charge in [0.1, 0.15) is 0 Å². The van der Waals surface area contributed by atoms with Gasteiger partial charge in [0.05, 0.1) is 21.7 Å². The first-order chi connectivity index (χ1) is 10.3. The lowest BCUT2D eigenvalue weighted by Gasteiger charge is -2.27. The monoisotopic (exact) mass is 343 g/mol. The zero-order chi connectivity index (χ0) is 16.0. The fourth-order valence-corrected chi connectivity index (χ4v) is 8.24. The summed E-state index contributed by atoms with van der Waals surface area (Å²) in [4.78, 5) is 2.27. The third-order valence-corrected chi connectivity index (χ3v) is 8.76. The maximum Gasteiger partial charge on any atom is 0.183 e. The average Bonchev–Trinajstić information content (AvgIpc) is 3.06. The van der Waals surface area contributed by atoms with E-state index in [0.717, 1.165) is 31.5 Å². The molecule has 2 aliphatic heterocycles. The Hall–Kier alpha value is -0.920. The van der Waals surface area contributed by atoms with E-state index in [1.807, 2.05) is 11.8 Å². The van der Waals surface area contributed by atoms with Gasteiger partial charge in [-0.05, 0) is 45.0 Å². The molecule has 0 N–H and O–H groups in total. The number of rotatable bonds is 3. The van der Waals surface area contributed by atoms with E-state index in [0.29, 0.717) is 0 Å². The van der Waals surface area contributed by atoms with Gasteiger partial charge in [0.15, 0.2) is 19.7 Å². The molecule has 0 saturated carbocycles. The maximum absolute atomic E-state index is 12.9. The van der Waals surface area contributed by atoms with Crippen LogP contribution in [-0.4, -0.2) is 57.6 Å². The summed E-state index contributed by atoms with van der Waals surface area (Å²) in [7, 11) is -6.94.